The number of anilines is 3. The first-order valence-corrected chi connectivity index (χ1v) is 8.11. The number of carbonyl (C=O) groups is 1. The summed E-state index contributed by atoms with van der Waals surface area (Å²) in [6.45, 7) is 0. The smallest absolute Gasteiger partial charge is 0.256 e. The van der Waals surface area contributed by atoms with Gasteiger partial charge >= 0.3 is 0 Å². The lowest BCUT2D eigenvalue weighted by atomic mass is 10.2. The zero-order chi connectivity index (χ0) is 19.2. The van der Waals surface area contributed by atoms with E-state index in [2.05, 4.69) is 15.6 Å². The topological polar surface area (TPSA) is 72.5 Å². The second-order valence-electron chi connectivity index (χ2n) is 5.59. The van der Waals surface area contributed by atoms with E-state index in [9.17, 15) is 9.18 Å². The molecule has 0 spiro atoms. The van der Waals surface area contributed by atoms with Crippen molar-refractivity contribution in [1.29, 1.82) is 0 Å². The fraction of sp³-hybridized carbons (Fsp3) is 0.100. The third-order valence-corrected chi connectivity index (χ3v) is 3.78. The van der Waals surface area contributed by atoms with Crippen LogP contribution in [0.1, 0.15) is 10.4 Å². The van der Waals surface area contributed by atoms with Gasteiger partial charge in [-0.25, -0.2) is 9.37 Å². The third-order valence-electron chi connectivity index (χ3n) is 3.78. The molecule has 1 aromatic heterocycles. The first-order valence-electron chi connectivity index (χ1n) is 8.11. The van der Waals surface area contributed by atoms with Crippen molar-refractivity contribution >= 4 is 23.1 Å². The number of amides is 1. The highest BCUT2D eigenvalue weighted by Gasteiger charge is 2.09. The molecular weight excluding hydrogens is 349 g/mol. The lowest BCUT2D eigenvalue weighted by molar-refractivity contribution is 0.102. The minimum atomic E-state index is -0.470. The molecule has 2 N–H and O–H groups in total. The average Bonchev–Trinajstić information content (AvgIpc) is 2.69. The fourth-order valence-electron chi connectivity index (χ4n) is 2.43. The van der Waals surface area contributed by atoms with Crippen molar-refractivity contribution in [2.75, 3.05) is 24.9 Å². The lowest BCUT2D eigenvalue weighted by Crippen LogP contribution is -2.13. The summed E-state index contributed by atoms with van der Waals surface area (Å²) in [5, 5.41) is 5.82. The first kappa shape index (κ1) is 18.2. The molecule has 0 fully saturated rings. The van der Waals surface area contributed by atoms with Crippen LogP contribution in [0.25, 0.3) is 0 Å². The number of hydrogen-bond donors (Lipinski definition) is 2. The van der Waals surface area contributed by atoms with E-state index in [0.29, 0.717) is 23.0 Å². The van der Waals surface area contributed by atoms with Crippen molar-refractivity contribution in [2.24, 2.45) is 0 Å². The Morgan fingerprint density at radius 2 is 1.89 bits per heavy atom. The molecule has 0 saturated carbocycles. The molecule has 1 heterocycles. The zero-order valence-electron chi connectivity index (χ0n) is 14.8. The van der Waals surface area contributed by atoms with Gasteiger partial charge in [0.15, 0.2) is 0 Å². The maximum absolute atomic E-state index is 13.2. The number of nitrogens with zero attached hydrogens (tertiary/aromatic N) is 1. The highest BCUT2D eigenvalue weighted by molar-refractivity contribution is 6.03. The molecule has 6 nitrogen and oxygen atoms in total. The van der Waals surface area contributed by atoms with Crippen LogP contribution in [0.15, 0.2) is 60.8 Å². The summed E-state index contributed by atoms with van der Waals surface area (Å²) in [5.41, 5.74) is 1.64. The monoisotopic (exact) mass is 367 g/mol. The van der Waals surface area contributed by atoms with E-state index >= 15 is 0 Å². The number of methoxy groups -OCH3 is 2. The first-order chi connectivity index (χ1) is 13.1. The number of rotatable bonds is 6. The van der Waals surface area contributed by atoms with Crippen molar-refractivity contribution in [3.05, 3.63) is 72.2 Å². The van der Waals surface area contributed by atoms with Gasteiger partial charge in [0.1, 0.15) is 23.1 Å². The summed E-state index contributed by atoms with van der Waals surface area (Å²) in [7, 11) is 3.17. The van der Waals surface area contributed by atoms with Gasteiger partial charge in [-0.05, 0) is 42.5 Å². The molecule has 27 heavy (non-hydrogen) atoms. The summed E-state index contributed by atoms with van der Waals surface area (Å²) >= 11 is 0. The Kier molecular flexibility index (Phi) is 5.51. The van der Waals surface area contributed by atoms with Gasteiger partial charge in [0.2, 0.25) is 0 Å². The summed E-state index contributed by atoms with van der Waals surface area (Å²) in [6, 6.07) is 14.3. The molecule has 0 radical (unpaired) electrons. The molecule has 0 aliphatic carbocycles. The maximum atomic E-state index is 13.2. The van der Waals surface area contributed by atoms with Crippen molar-refractivity contribution in [1.82, 2.24) is 4.98 Å². The lowest BCUT2D eigenvalue weighted by Gasteiger charge is -2.13. The Labute approximate surface area is 156 Å². The van der Waals surface area contributed by atoms with Crippen molar-refractivity contribution in [2.45, 2.75) is 0 Å². The number of ether oxygens (including phenoxy) is 2. The van der Waals surface area contributed by atoms with Gasteiger partial charge in [-0.3, -0.25) is 4.79 Å². The predicted molar refractivity (Wildman–Crippen MR) is 101 cm³/mol. The zero-order valence-corrected chi connectivity index (χ0v) is 14.8. The van der Waals surface area contributed by atoms with Crippen molar-refractivity contribution in [3.63, 3.8) is 0 Å². The highest BCUT2D eigenvalue weighted by atomic mass is 19.1. The molecule has 0 aliphatic heterocycles. The third kappa shape index (κ3) is 4.52. The molecule has 7 heteroatoms. The molecule has 3 aromatic rings. The fourth-order valence-corrected chi connectivity index (χ4v) is 2.43. The minimum absolute atomic E-state index is 0.222. The molecular formula is C20H18FN3O3. The normalized spacial score (nSPS) is 10.2. The van der Waals surface area contributed by atoms with Crippen LogP contribution < -0.4 is 20.1 Å². The van der Waals surface area contributed by atoms with E-state index in [1.165, 1.54) is 24.3 Å². The minimum Gasteiger partial charge on any atom is -0.497 e. The van der Waals surface area contributed by atoms with E-state index in [1.54, 1.807) is 50.7 Å². The predicted octanol–water partition coefficient (Wildman–Crippen LogP) is 4.23. The number of carbonyl (C=O) groups excluding carboxylic acids is 1. The maximum Gasteiger partial charge on any atom is 0.256 e. The molecule has 0 aliphatic rings. The Bertz CT molecular complexity index is 945. The Balaban J connectivity index is 1.71. The summed E-state index contributed by atoms with van der Waals surface area (Å²) < 4.78 is 23.8. The molecule has 0 atom stereocenters. The van der Waals surface area contributed by atoms with Crippen molar-refractivity contribution < 1.29 is 18.7 Å². The largest absolute Gasteiger partial charge is 0.497 e. The van der Waals surface area contributed by atoms with Gasteiger partial charge in [0.25, 0.3) is 5.91 Å². The van der Waals surface area contributed by atoms with E-state index < -0.39 is 11.7 Å². The highest BCUT2D eigenvalue weighted by Crippen LogP contribution is 2.31. The Morgan fingerprint density at radius 1 is 1.04 bits per heavy atom. The number of pyridine rings is 1. The van der Waals surface area contributed by atoms with Gasteiger partial charge in [0.05, 0.1) is 31.8 Å². The summed E-state index contributed by atoms with van der Waals surface area (Å²) in [5.74, 6) is 0.788. The van der Waals surface area contributed by atoms with Crippen LogP contribution >= 0.6 is 0 Å². The average molecular weight is 367 g/mol. The van der Waals surface area contributed by atoms with Crippen LogP contribution in [0.5, 0.6) is 11.5 Å². The SMILES string of the molecule is COc1ccc(OC)c(Nc2ccc(NC(=O)c3cccc(F)c3)nc2)c1. The van der Waals surface area contributed by atoms with Gasteiger partial charge in [-0.15, -0.1) is 0 Å². The Morgan fingerprint density at radius 3 is 2.56 bits per heavy atom. The molecule has 0 saturated heterocycles. The van der Waals surface area contributed by atoms with Gasteiger partial charge in [-0.1, -0.05) is 6.07 Å². The van der Waals surface area contributed by atoms with Crippen LogP contribution in [0.3, 0.4) is 0 Å². The standard InChI is InChI=1S/C20H18FN3O3/c1-26-16-7-8-18(27-2)17(11-16)23-15-6-9-19(22-12-15)24-20(25)13-4-3-5-14(21)10-13/h3-12,23H,1-2H3,(H,22,24,25). The number of aromatic nitrogens is 1. The van der Waals surface area contributed by atoms with Gasteiger partial charge < -0.3 is 20.1 Å². The van der Waals surface area contributed by atoms with E-state index in [-0.39, 0.29) is 5.56 Å². The quantitative estimate of drug-likeness (QED) is 0.682. The summed E-state index contributed by atoms with van der Waals surface area (Å²) in [4.78, 5) is 16.3. The molecule has 0 unspecified atom stereocenters. The van der Waals surface area contributed by atoms with E-state index in [0.717, 1.165) is 5.69 Å². The summed E-state index contributed by atoms with van der Waals surface area (Å²) in [6.07, 6.45) is 1.57. The van der Waals surface area contributed by atoms with Gasteiger partial charge in [-0.2, -0.15) is 0 Å². The molecule has 1 amide bonds. The molecule has 138 valence electrons. The Hall–Kier alpha value is -3.61. The number of benzene rings is 2. The number of hydrogen-bond acceptors (Lipinski definition) is 5. The second-order valence-corrected chi connectivity index (χ2v) is 5.59. The van der Waals surface area contributed by atoms with Crippen LogP contribution in [-0.2, 0) is 0 Å². The molecule has 0 bridgehead atoms. The van der Waals surface area contributed by atoms with Crippen LogP contribution in [0.2, 0.25) is 0 Å². The number of halogens is 1. The van der Waals surface area contributed by atoms with Crippen LogP contribution in [0.4, 0.5) is 21.6 Å². The molecule has 2 aromatic carbocycles. The number of nitrogens with one attached hydrogen (secondary N) is 2. The molecule has 3 rings (SSSR count). The van der Waals surface area contributed by atoms with E-state index in [1.807, 2.05) is 0 Å². The van der Waals surface area contributed by atoms with Crippen molar-refractivity contribution in [3.8, 4) is 11.5 Å². The van der Waals surface area contributed by atoms with Gasteiger partial charge in [0, 0.05) is 11.6 Å². The second kappa shape index (κ2) is 8.18. The van der Waals surface area contributed by atoms with Crippen LogP contribution in [-0.4, -0.2) is 25.1 Å². The van der Waals surface area contributed by atoms with E-state index in [4.69, 9.17) is 9.47 Å². The van der Waals surface area contributed by atoms with Crippen LogP contribution in [0, 0.1) is 5.82 Å².